The van der Waals surface area contributed by atoms with Gasteiger partial charge in [-0.05, 0) is 36.6 Å². The fourth-order valence-electron chi connectivity index (χ4n) is 2.33. The number of piperidine rings is 1. The smallest absolute Gasteiger partial charge is 0.253 e. The first-order valence-electron chi connectivity index (χ1n) is 6.29. The Morgan fingerprint density at radius 1 is 1.39 bits per heavy atom. The molecule has 0 aromatic heterocycles. The molecule has 1 aliphatic heterocycles. The van der Waals surface area contributed by atoms with Crippen molar-refractivity contribution in [3.8, 4) is 0 Å². The van der Waals surface area contributed by atoms with Gasteiger partial charge >= 0.3 is 0 Å². The van der Waals surface area contributed by atoms with Crippen molar-refractivity contribution >= 4 is 11.6 Å². The van der Waals surface area contributed by atoms with Gasteiger partial charge < -0.3 is 15.4 Å². The highest BCUT2D eigenvalue weighted by atomic mass is 16.5. The van der Waals surface area contributed by atoms with E-state index in [1.54, 1.807) is 31.4 Å². The molecule has 0 aliphatic carbocycles. The van der Waals surface area contributed by atoms with Gasteiger partial charge in [-0.1, -0.05) is 6.92 Å². The fraction of sp³-hybridized carbons (Fsp3) is 0.500. The molecule has 2 N–H and O–H groups in total. The first kappa shape index (κ1) is 12.9. The van der Waals surface area contributed by atoms with E-state index < -0.39 is 0 Å². The number of nitrogens with two attached hydrogens (primary N) is 1. The first-order chi connectivity index (χ1) is 8.61. The number of carbonyl (C=O) groups excluding carboxylic acids is 1. The number of anilines is 1. The van der Waals surface area contributed by atoms with Crippen LogP contribution in [-0.2, 0) is 4.74 Å². The summed E-state index contributed by atoms with van der Waals surface area (Å²) in [4.78, 5) is 14.2. The van der Waals surface area contributed by atoms with Gasteiger partial charge in [-0.2, -0.15) is 0 Å². The van der Waals surface area contributed by atoms with Gasteiger partial charge in [0.1, 0.15) is 0 Å². The predicted molar refractivity (Wildman–Crippen MR) is 71.3 cm³/mol. The van der Waals surface area contributed by atoms with Crippen molar-refractivity contribution in [2.45, 2.75) is 19.4 Å². The van der Waals surface area contributed by atoms with Gasteiger partial charge in [-0.25, -0.2) is 0 Å². The zero-order valence-corrected chi connectivity index (χ0v) is 10.9. The van der Waals surface area contributed by atoms with E-state index in [1.165, 1.54) is 0 Å². The quantitative estimate of drug-likeness (QED) is 0.811. The number of methoxy groups -OCH3 is 1. The standard InChI is InChI=1S/C14H20N2O2/c1-10-7-8-16(9-13(10)18-2)14(17)11-3-5-12(15)6-4-11/h3-6,10,13H,7-9,15H2,1-2H3. The maximum absolute atomic E-state index is 12.3. The number of ether oxygens (including phenoxy) is 1. The average Bonchev–Trinajstić information content (AvgIpc) is 2.39. The number of amides is 1. The number of benzene rings is 1. The summed E-state index contributed by atoms with van der Waals surface area (Å²) >= 11 is 0. The zero-order chi connectivity index (χ0) is 13.1. The molecule has 18 heavy (non-hydrogen) atoms. The number of rotatable bonds is 2. The van der Waals surface area contributed by atoms with E-state index >= 15 is 0 Å². The zero-order valence-electron chi connectivity index (χ0n) is 10.9. The Balaban J connectivity index is 2.07. The molecular formula is C14H20N2O2. The number of hydrogen-bond donors (Lipinski definition) is 1. The van der Waals surface area contributed by atoms with Crippen molar-refractivity contribution in [3.63, 3.8) is 0 Å². The number of nitrogen functional groups attached to an aromatic ring is 1. The normalized spacial score (nSPS) is 24.0. The Bertz CT molecular complexity index is 416. The van der Waals surface area contributed by atoms with Crippen LogP contribution in [0, 0.1) is 5.92 Å². The Morgan fingerprint density at radius 3 is 2.67 bits per heavy atom. The lowest BCUT2D eigenvalue weighted by Crippen LogP contribution is -2.46. The molecule has 4 nitrogen and oxygen atoms in total. The van der Waals surface area contributed by atoms with Crippen molar-refractivity contribution < 1.29 is 9.53 Å². The second-order valence-corrected chi connectivity index (χ2v) is 4.91. The van der Waals surface area contributed by atoms with E-state index in [9.17, 15) is 4.79 Å². The summed E-state index contributed by atoms with van der Waals surface area (Å²) < 4.78 is 5.42. The molecule has 2 rings (SSSR count). The molecule has 0 radical (unpaired) electrons. The molecule has 1 aromatic rings. The maximum atomic E-state index is 12.3. The Morgan fingerprint density at radius 2 is 2.06 bits per heavy atom. The Labute approximate surface area is 108 Å². The van der Waals surface area contributed by atoms with E-state index in [0.29, 0.717) is 23.7 Å². The third-order valence-corrected chi connectivity index (χ3v) is 3.64. The van der Waals surface area contributed by atoms with Crippen LogP contribution in [-0.4, -0.2) is 37.1 Å². The second-order valence-electron chi connectivity index (χ2n) is 4.91. The van der Waals surface area contributed by atoms with Gasteiger partial charge in [0.15, 0.2) is 0 Å². The Hall–Kier alpha value is -1.55. The first-order valence-corrected chi connectivity index (χ1v) is 6.29. The van der Waals surface area contributed by atoms with E-state index in [2.05, 4.69) is 6.92 Å². The third kappa shape index (κ3) is 2.64. The molecule has 0 bridgehead atoms. The van der Waals surface area contributed by atoms with Crippen LogP contribution in [0.15, 0.2) is 24.3 Å². The molecular weight excluding hydrogens is 228 g/mol. The summed E-state index contributed by atoms with van der Waals surface area (Å²) in [6.07, 6.45) is 1.12. The van der Waals surface area contributed by atoms with Gasteiger partial charge in [-0.3, -0.25) is 4.79 Å². The number of likely N-dealkylation sites (tertiary alicyclic amines) is 1. The lowest BCUT2D eigenvalue weighted by molar-refractivity contribution is -0.00156. The van der Waals surface area contributed by atoms with E-state index in [-0.39, 0.29) is 12.0 Å². The summed E-state index contributed by atoms with van der Waals surface area (Å²) in [6.45, 7) is 3.63. The highest BCUT2D eigenvalue weighted by Gasteiger charge is 2.29. The van der Waals surface area contributed by atoms with E-state index in [0.717, 1.165) is 13.0 Å². The Kier molecular flexibility index (Phi) is 3.87. The second kappa shape index (κ2) is 5.40. The number of nitrogens with zero attached hydrogens (tertiary/aromatic N) is 1. The summed E-state index contributed by atoms with van der Waals surface area (Å²) in [6, 6.07) is 7.07. The molecule has 2 atom stereocenters. The highest BCUT2D eigenvalue weighted by molar-refractivity contribution is 5.94. The summed E-state index contributed by atoms with van der Waals surface area (Å²) in [5.41, 5.74) is 6.99. The lowest BCUT2D eigenvalue weighted by Gasteiger charge is -2.36. The average molecular weight is 248 g/mol. The SMILES string of the molecule is COC1CN(C(=O)c2ccc(N)cc2)CCC1C. The van der Waals surface area contributed by atoms with Crippen molar-refractivity contribution in [2.24, 2.45) is 5.92 Å². The van der Waals surface area contributed by atoms with Gasteiger partial charge in [0.25, 0.3) is 5.91 Å². The third-order valence-electron chi connectivity index (χ3n) is 3.64. The van der Waals surface area contributed by atoms with Crippen molar-refractivity contribution in [1.82, 2.24) is 4.90 Å². The van der Waals surface area contributed by atoms with Gasteiger partial charge in [0, 0.05) is 31.5 Å². The summed E-state index contributed by atoms with van der Waals surface area (Å²) in [5.74, 6) is 0.564. The van der Waals surface area contributed by atoms with Crippen molar-refractivity contribution in [3.05, 3.63) is 29.8 Å². The summed E-state index contributed by atoms with van der Waals surface area (Å²) in [5, 5.41) is 0. The van der Waals surface area contributed by atoms with Crippen LogP contribution < -0.4 is 5.73 Å². The van der Waals surface area contributed by atoms with Crippen LogP contribution in [0.5, 0.6) is 0 Å². The minimum atomic E-state index is 0.0592. The van der Waals surface area contributed by atoms with Gasteiger partial charge in [-0.15, -0.1) is 0 Å². The van der Waals surface area contributed by atoms with Crippen LogP contribution in [0.4, 0.5) is 5.69 Å². The topological polar surface area (TPSA) is 55.6 Å². The van der Waals surface area contributed by atoms with Crippen molar-refractivity contribution in [2.75, 3.05) is 25.9 Å². The molecule has 4 heteroatoms. The van der Waals surface area contributed by atoms with E-state index in [1.807, 2.05) is 4.90 Å². The molecule has 1 fully saturated rings. The molecule has 1 heterocycles. The van der Waals surface area contributed by atoms with Crippen LogP contribution in [0.25, 0.3) is 0 Å². The molecule has 0 spiro atoms. The molecule has 1 aromatic carbocycles. The highest BCUT2D eigenvalue weighted by Crippen LogP contribution is 2.21. The van der Waals surface area contributed by atoms with Crippen LogP contribution in [0.2, 0.25) is 0 Å². The van der Waals surface area contributed by atoms with Crippen LogP contribution >= 0.6 is 0 Å². The van der Waals surface area contributed by atoms with Gasteiger partial charge in [0.05, 0.1) is 6.10 Å². The minimum Gasteiger partial charge on any atom is -0.399 e. The largest absolute Gasteiger partial charge is 0.399 e. The van der Waals surface area contributed by atoms with Crippen molar-refractivity contribution in [1.29, 1.82) is 0 Å². The molecule has 98 valence electrons. The lowest BCUT2D eigenvalue weighted by atomic mass is 9.95. The molecule has 1 amide bonds. The maximum Gasteiger partial charge on any atom is 0.253 e. The molecule has 2 unspecified atom stereocenters. The minimum absolute atomic E-state index is 0.0592. The van der Waals surface area contributed by atoms with Crippen LogP contribution in [0.3, 0.4) is 0 Å². The van der Waals surface area contributed by atoms with E-state index in [4.69, 9.17) is 10.5 Å². The van der Waals surface area contributed by atoms with Crippen LogP contribution in [0.1, 0.15) is 23.7 Å². The number of carbonyl (C=O) groups is 1. The predicted octanol–water partition coefficient (Wildman–Crippen LogP) is 1.77. The molecule has 1 saturated heterocycles. The molecule has 0 saturated carbocycles. The monoisotopic (exact) mass is 248 g/mol. The number of hydrogen-bond acceptors (Lipinski definition) is 3. The molecule has 1 aliphatic rings. The fourth-order valence-corrected chi connectivity index (χ4v) is 2.33. The van der Waals surface area contributed by atoms with Gasteiger partial charge in [0.2, 0.25) is 0 Å². The summed E-state index contributed by atoms with van der Waals surface area (Å²) in [7, 11) is 1.71.